The fourth-order valence-electron chi connectivity index (χ4n) is 5.51. The summed E-state index contributed by atoms with van der Waals surface area (Å²) in [6.07, 6.45) is 9.96. The Bertz CT molecular complexity index is 1120. The predicted molar refractivity (Wildman–Crippen MR) is 132 cm³/mol. The van der Waals surface area contributed by atoms with Crippen LogP contribution in [-0.2, 0) is 14.6 Å². The van der Waals surface area contributed by atoms with Crippen LogP contribution in [0.4, 0.5) is 0 Å². The molecule has 2 fully saturated rings. The van der Waals surface area contributed by atoms with Gasteiger partial charge in [0.1, 0.15) is 0 Å². The molecule has 0 aliphatic heterocycles. The van der Waals surface area contributed by atoms with Gasteiger partial charge in [-0.15, -0.1) is 0 Å². The summed E-state index contributed by atoms with van der Waals surface area (Å²) in [7, 11) is -6.78. The third-order valence-corrected chi connectivity index (χ3v) is 9.77. The normalized spacial score (nSPS) is 25.8. The quantitative estimate of drug-likeness (QED) is 0.230. The maximum Gasteiger partial charge on any atom is 1.00 e. The first-order chi connectivity index (χ1) is 15.7. The molecule has 2 aromatic rings. The van der Waals surface area contributed by atoms with Crippen molar-refractivity contribution in [3.05, 3.63) is 66.7 Å². The molecule has 1 N–H and O–H groups in total. The molecule has 2 aliphatic rings. The second kappa shape index (κ2) is 12.0. The van der Waals surface area contributed by atoms with Crippen molar-refractivity contribution in [1.29, 1.82) is 0 Å². The molecule has 5 atom stereocenters. The zero-order valence-electron chi connectivity index (χ0n) is 20.1. The van der Waals surface area contributed by atoms with Crippen LogP contribution in [0.3, 0.4) is 0 Å². The minimum absolute atomic E-state index is 0. The van der Waals surface area contributed by atoms with Crippen LogP contribution in [0, 0.1) is 17.8 Å². The molecular weight excluding hydrogens is 476 g/mol. The summed E-state index contributed by atoms with van der Waals surface area (Å²) in [4.78, 5) is 11.6. The number of rotatable bonds is 10. The summed E-state index contributed by atoms with van der Waals surface area (Å²) < 4.78 is 40.7. The molecule has 2 aromatic carbocycles. The van der Waals surface area contributed by atoms with Crippen LogP contribution >= 0.6 is 7.37 Å². The van der Waals surface area contributed by atoms with E-state index in [4.69, 9.17) is 0 Å². The Kier molecular flexibility index (Phi) is 9.84. The van der Waals surface area contributed by atoms with Gasteiger partial charge in [-0.25, -0.2) is 13.1 Å². The van der Waals surface area contributed by atoms with E-state index in [1.807, 2.05) is 42.5 Å². The second-order valence-electron chi connectivity index (χ2n) is 9.62. The Labute approximate surface area is 226 Å². The smallest absolute Gasteiger partial charge is 0.799 e. The van der Waals surface area contributed by atoms with E-state index in [1.165, 1.54) is 13.1 Å². The van der Waals surface area contributed by atoms with Gasteiger partial charge < -0.3 is 9.46 Å². The van der Waals surface area contributed by atoms with Crippen LogP contribution in [0.15, 0.2) is 71.6 Å². The van der Waals surface area contributed by atoms with Crippen molar-refractivity contribution in [2.45, 2.75) is 49.5 Å². The average molecular weight is 510 g/mol. The van der Waals surface area contributed by atoms with E-state index in [0.717, 1.165) is 36.8 Å². The van der Waals surface area contributed by atoms with E-state index in [1.54, 1.807) is 12.1 Å². The third-order valence-electron chi connectivity index (χ3n) is 7.16. The summed E-state index contributed by atoms with van der Waals surface area (Å²) >= 11 is 0. The van der Waals surface area contributed by atoms with E-state index in [9.17, 15) is 17.9 Å². The van der Waals surface area contributed by atoms with Crippen molar-refractivity contribution < 1.29 is 47.4 Å². The van der Waals surface area contributed by atoms with Crippen molar-refractivity contribution in [3.63, 3.8) is 0 Å². The molecular formula is C26H33NNaO4PS. The number of hydrogen-bond donors (Lipinski definition) is 1. The number of benzene rings is 2. The second-order valence-corrected chi connectivity index (χ2v) is 13.8. The predicted octanol–water partition coefficient (Wildman–Crippen LogP) is 2.05. The fourth-order valence-corrected chi connectivity index (χ4v) is 7.62. The Morgan fingerprint density at radius 1 is 1.00 bits per heavy atom. The maximum absolute atomic E-state index is 13.2. The Morgan fingerprint density at radius 2 is 1.65 bits per heavy atom. The van der Waals surface area contributed by atoms with Gasteiger partial charge in [0.25, 0.3) is 0 Å². The molecule has 0 amide bonds. The standard InChI is InChI=1S/C26H34NO4PS.Na/c1-32(28,29)18-8-3-2-7-11-25-22-12-13-23(19-22)26(25)27-33(30,31)24-16-14-21(15-17-24)20-9-5-4-6-10-20;/h2,4-7,9-10,14-17,22-23,25-27H,3,8,11-13,18-19H2,1H3,(H,28,29);/q;+1/p-1/b7-2+;. The topological polar surface area (TPSA) is 86.3 Å². The van der Waals surface area contributed by atoms with Crippen LogP contribution in [0.25, 0.3) is 11.1 Å². The van der Waals surface area contributed by atoms with Gasteiger partial charge in [0.05, 0.1) is 4.90 Å². The number of hydrogen-bond acceptors (Lipinski definition) is 4. The average Bonchev–Trinajstić information content (AvgIpc) is 3.38. The molecule has 178 valence electrons. The zero-order chi connectivity index (χ0) is 23.5. The molecule has 0 saturated heterocycles. The summed E-state index contributed by atoms with van der Waals surface area (Å²) in [5, 5.41) is 0. The fraction of sp³-hybridized carbons (Fsp3) is 0.462. The monoisotopic (exact) mass is 509 g/mol. The number of sulfonamides is 1. The molecule has 8 heteroatoms. The number of nitrogens with one attached hydrogen (secondary N) is 1. The Hall–Kier alpha value is -0.720. The van der Waals surface area contributed by atoms with Gasteiger partial charge >= 0.3 is 29.6 Å². The van der Waals surface area contributed by atoms with Gasteiger partial charge in [0, 0.05) is 13.4 Å². The van der Waals surface area contributed by atoms with Crippen molar-refractivity contribution in [2.75, 3.05) is 12.8 Å². The van der Waals surface area contributed by atoms with Crippen LogP contribution in [0.1, 0.15) is 38.5 Å². The molecule has 0 spiro atoms. The summed E-state index contributed by atoms with van der Waals surface area (Å²) in [5.41, 5.74) is 2.06. The van der Waals surface area contributed by atoms with Crippen molar-refractivity contribution >= 4 is 17.4 Å². The van der Waals surface area contributed by atoms with Gasteiger partial charge in [-0.1, -0.05) is 54.6 Å². The van der Waals surface area contributed by atoms with E-state index in [2.05, 4.69) is 16.9 Å². The van der Waals surface area contributed by atoms with Crippen molar-refractivity contribution in [1.82, 2.24) is 4.72 Å². The molecule has 5 nitrogen and oxygen atoms in total. The van der Waals surface area contributed by atoms with Crippen LogP contribution in [0.5, 0.6) is 0 Å². The molecule has 2 aliphatic carbocycles. The van der Waals surface area contributed by atoms with Crippen molar-refractivity contribution in [2.24, 2.45) is 17.8 Å². The van der Waals surface area contributed by atoms with Crippen LogP contribution in [-0.4, -0.2) is 27.3 Å². The first kappa shape index (κ1) is 27.9. The van der Waals surface area contributed by atoms with E-state index in [0.29, 0.717) is 29.1 Å². The molecule has 34 heavy (non-hydrogen) atoms. The molecule has 2 bridgehead atoms. The molecule has 0 radical (unpaired) electrons. The number of allylic oxidation sites excluding steroid dienone is 2. The number of unbranched alkanes of at least 4 members (excludes halogenated alkanes) is 1. The minimum atomic E-state index is -3.59. The molecule has 0 aromatic heterocycles. The Balaban J connectivity index is 0.00000324. The van der Waals surface area contributed by atoms with E-state index in [-0.39, 0.29) is 41.8 Å². The van der Waals surface area contributed by atoms with Gasteiger partial charge in [0.2, 0.25) is 10.0 Å². The molecule has 0 heterocycles. The Morgan fingerprint density at radius 3 is 2.32 bits per heavy atom. The first-order valence-electron chi connectivity index (χ1n) is 11.8. The summed E-state index contributed by atoms with van der Waals surface area (Å²) in [5.74, 6) is 1.26. The molecule has 4 rings (SSSR count). The van der Waals surface area contributed by atoms with E-state index >= 15 is 0 Å². The molecule has 2 saturated carbocycles. The van der Waals surface area contributed by atoms with Gasteiger partial charge in [-0.05, 0) is 92.4 Å². The summed E-state index contributed by atoms with van der Waals surface area (Å²) in [6, 6.07) is 17.0. The van der Waals surface area contributed by atoms with Gasteiger partial charge in [-0.3, -0.25) is 0 Å². The summed E-state index contributed by atoms with van der Waals surface area (Å²) in [6.45, 7) is 1.29. The van der Waals surface area contributed by atoms with Gasteiger partial charge in [-0.2, -0.15) is 0 Å². The SMILES string of the molecule is CP(=O)([O-])CCC/C=C/CC1C2CCC(C2)C1NS(=O)(=O)c1ccc(-c2ccccc2)cc1.[Na+]. The zero-order valence-corrected chi connectivity index (χ0v) is 23.8. The van der Waals surface area contributed by atoms with Crippen LogP contribution in [0.2, 0.25) is 0 Å². The molecule has 5 unspecified atom stereocenters. The first-order valence-corrected chi connectivity index (χ1v) is 15.6. The van der Waals surface area contributed by atoms with Crippen LogP contribution < -0.4 is 39.2 Å². The van der Waals surface area contributed by atoms with Gasteiger partial charge in [0.15, 0.2) is 0 Å². The third kappa shape index (κ3) is 7.16. The largest absolute Gasteiger partial charge is 1.00 e. The number of fused-ring (bicyclic) bond motifs is 2. The van der Waals surface area contributed by atoms with Crippen molar-refractivity contribution in [3.8, 4) is 11.1 Å². The maximum atomic E-state index is 13.2. The van der Waals surface area contributed by atoms with E-state index < -0.39 is 17.4 Å². The minimum Gasteiger partial charge on any atom is -0.799 e.